The van der Waals surface area contributed by atoms with E-state index in [4.69, 9.17) is 10.5 Å². The molecule has 0 atom stereocenters. The van der Waals surface area contributed by atoms with Crippen LogP contribution in [-0.4, -0.2) is 43.3 Å². The second-order valence-electron chi connectivity index (χ2n) is 8.24. The Labute approximate surface area is 188 Å². The Morgan fingerprint density at radius 1 is 1.16 bits per heavy atom. The lowest BCUT2D eigenvalue weighted by molar-refractivity contribution is -0.116. The first-order valence-corrected chi connectivity index (χ1v) is 11.1. The number of amides is 1. The summed E-state index contributed by atoms with van der Waals surface area (Å²) in [6.45, 7) is 3.26. The quantitative estimate of drug-likeness (QED) is 0.480. The van der Waals surface area contributed by atoms with E-state index < -0.39 is 0 Å². The Balaban J connectivity index is 1.20. The maximum absolute atomic E-state index is 13.3. The molecule has 3 N–H and O–H groups in total. The van der Waals surface area contributed by atoms with Gasteiger partial charge in [-0.3, -0.25) is 14.7 Å². The number of benzene rings is 2. The first-order valence-electron chi connectivity index (χ1n) is 11.1. The molecular weight excluding hydrogens is 407 g/mol. The van der Waals surface area contributed by atoms with Crippen molar-refractivity contribution in [3.8, 4) is 5.75 Å². The van der Waals surface area contributed by atoms with E-state index in [0.29, 0.717) is 18.7 Å². The molecule has 7 heteroatoms. The Bertz CT molecular complexity index is 1030. The van der Waals surface area contributed by atoms with Gasteiger partial charge in [0.1, 0.15) is 11.6 Å². The molecule has 2 heterocycles. The fourth-order valence-electron chi connectivity index (χ4n) is 3.95. The highest BCUT2D eigenvalue weighted by atomic mass is 19.1. The topological polar surface area (TPSA) is 79.9 Å². The van der Waals surface area contributed by atoms with Crippen LogP contribution < -0.4 is 15.8 Å². The van der Waals surface area contributed by atoms with E-state index >= 15 is 0 Å². The van der Waals surface area contributed by atoms with Crippen molar-refractivity contribution in [1.82, 2.24) is 4.90 Å². The van der Waals surface area contributed by atoms with Crippen molar-refractivity contribution in [2.24, 2.45) is 10.7 Å². The van der Waals surface area contributed by atoms with E-state index in [-0.39, 0.29) is 11.7 Å². The van der Waals surface area contributed by atoms with E-state index in [9.17, 15) is 9.18 Å². The van der Waals surface area contributed by atoms with Crippen molar-refractivity contribution < 1.29 is 13.9 Å². The molecule has 168 valence electrons. The van der Waals surface area contributed by atoms with Gasteiger partial charge in [-0.1, -0.05) is 12.1 Å². The van der Waals surface area contributed by atoms with Gasteiger partial charge in [0.2, 0.25) is 5.91 Å². The number of nitrogens with one attached hydrogen (secondary N) is 1. The van der Waals surface area contributed by atoms with Gasteiger partial charge >= 0.3 is 0 Å². The molecule has 0 saturated carbocycles. The predicted octanol–water partition coefficient (Wildman–Crippen LogP) is 4.19. The molecule has 0 saturated heterocycles. The maximum Gasteiger partial charge on any atom is 0.224 e. The average molecular weight is 437 g/mol. The molecule has 0 bridgehead atoms. The molecule has 32 heavy (non-hydrogen) atoms. The van der Waals surface area contributed by atoms with Gasteiger partial charge in [-0.2, -0.15) is 0 Å². The summed E-state index contributed by atoms with van der Waals surface area (Å²) >= 11 is 0. The van der Waals surface area contributed by atoms with Crippen LogP contribution in [0.3, 0.4) is 0 Å². The van der Waals surface area contributed by atoms with Gasteiger partial charge in [0.15, 0.2) is 0 Å². The number of hydrogen-bond donors (Lipinski definition) is 2. The lowest BCUT2D eigenvalue weighted by Gasteiger charge is -2.28. The molecule has 0 aromatic heterocycles. The number of nitrogens with two attached hydrogens (primary N) is 1. The van der Waals surface area contributed by atoms with Crippen LogP contribution in [0.4, 0.5) is 15.8 Å². The minimum atomic E-state index is -0.297. The van der Waals surface area contributed by atoms with Gasteiger partial charge in [0.05, 0.1) is 12.3 Å². The molecular formula is C25H29FN4O2. The zero-order valence-electron chi connectivity index (χ0n) is 18.1. The van der Waals surface area contributed by atoms with Crippen LogP contribution in [0.15, 0.2) is 58.7 Å². The average Bonchev–Trinajstić information content (AvgIpc) is 2.78. The zero-order chi connectivity index (χ0) is 22.3. The summed E-state index contributed by atoms with van der Waals surface area (Å²) in [5.41, 5.74) is 10.6. The highest BCUT2D eigenvalue weighted by Gasteiger charge is 2.16. The molecule has 0 unspecified atom stereocenters. The number of aliphatic imine (C=N–C) groups is 1. The lowest BCUT2D eigenvalue weighted by Crippen LogP contribution is -2.34. The molecule has 0 aliphatic carbocycles. The Hall–Kier alpha value is -3.19. The van der Waals surface area contributed by atoms with Crippen LogP contribution in [0.5, 0.6) is 5.75 Å². The van der Waals surface area contributed by atoms with E-state index in [1.165, 1.54) is 12.1 Å². The summed E-state index contributed by atoms with van der Waals surface area (Å²) in [4.78, 5) is 18.3. The Morgan fingerprint density at radius 3 is 2.94 bits per heavy atom. The number of halogens is 1. The van der Waals surface area contributed by atoms with Crippen molar-refractivity contribution in [3.05, 3.63) is 65.1 Å². The summed E-state index contributed by atoms with van der Waals surface area (Å²) in [6.07, 6.45) is 5.84. The van der Waals surface area contributed by atoms with Gasteiger partial charge in [0, 0.05) is 55.2 Å². The number of aryl methyl sites for hydroxylation is 1. The molecule has 2 aliphatic rings. The number of ether oxygens (including phenoxy) is 1. The third kappa shape index (κ3) is 5.95. The largest absolute Gasteiger partial charge is 0.494 e. The number of carbonyl (C=O) groups excluding carboxylic acids is 1. The first kappa shape index (κ1) is 22.0. The molecule has 6 nitrogen and oxygen atoms in total. The van der Waals surface area contributed by atoms with Crippen LogP contribution in [0.2, 0.25) is 0 Å². The number of anilines is 1. The van der Waals surface area contributed by atoms with Gasteiger partial charge in [-0.05, 0) is 55.6 Å². The molecule has 2 aromatic carbocycles. The van der Waals surface area contributed by atoms with Gasteiger partial charge in [0.25, 0.3) is 0 Å². The van der Waals surface area contributed by atoms with Crippen molar-refractivity contribution in [2.45, 2.75) is 32.1 Å². The van der Waals surface area contributed by atoms with Crippen molar-refractivity contribution in [2.75, 3.05) is 31.6 Å². The molecule has 2 aliphatic heterocycles. The van der Waals surface area contributed by atoms with Gasteiger partial charge in [-0.15, -0.1) is 0 Å². The van der Waals surface area contributed by atoms with E-state index in [1.54, 1.807) is 18.3 Å². The van der Waals surface area contributed by atoms with Crippen LogP contribution in [-0.2, 0) is 11.2 Å². The van der Waals surface area contributed by atoms with E-state index in [0.717, 1.165) is 73.6 Å². The number of nitrogens with zero attached hydrogens (tertiary/aromatic N) is 2. The molecule has 2 aromatic rings. The minimum Gasteiger partial charge on any atom is -0.494 e. The normalized spacial score (nSPS) is 16.8. The van der Waals surface area contributed by atoms with Crippen molar-refractivity contribution in [3.63, 3.8) is 0 Å². The van der Waals surface area contributed by atoms with Crippen LogP contribution >= 0.6 is 0 Å². The van der Waals surface area contributed by atoms with Crippen LogP contribution in [0.1, 0.15) is 31.2 Å². The minimum absolute atomic E-state index is 0.0613. The van der Waals surface area contributed by atoms with Crippen LogP contribution in [0, 0.1) is 5.82 Å². The number of fused-ring (bicyclic) bond motifs is 1. The monoisotopic (exact) mass is 436 g/mol. The van der Waals surface area contributed by atoms with E-state index in [1.807, 2.05) is 18.2 Å². The van der Waals surface area contributed by atoms with E-state index in [2.05, 4.69) is 15.2 Å². The smallest absolute Gasteiger partial charge is 0.224 e. The molecule has 0 fully saturated rings. The molecule has 1 amide bonds. The fourth-order valence-corrected chi connectivity index (χ4v) is 3.95. The van der Waals surface area contributed by atoms with Gasteiger partial charge in [-0.25, -0.2) is 4.39 Å². The second kappa shape index (κ2) is 10.4. The number of rotatable bonds is 8. The van der Waals surface area contributed by atoms with Crippen molar-refractivity contribution >= 4 is 23.5 Å². The highest BCUT2D eigenvalue weighted by Crippen LogP contribution is 2.27. The Morgan fingerprint density at radius 2 is 2.06 bits per heavy atom. The number of unbranched alkanes of at least 4 members (excludes halogenated alkanes) is 1. The number of hydrogen-bond acceptors (Lipinski definition) is 5. The lowest BCUT2D eigenvalue weighted by atomic mass is 10.0. The summed E-state index contributed by atoms with van der Waals surface area (Å²) in [5.74, 6) is 0.552. The molecule has 0 radical (unpaired) electrons. The SMILES string of the molecule is NC1=C(C=Nc2cccc(F)c2)CN(CCCCOc2ccc3c(c2)NC(=O)CC3)CC1. The van der Waals surface area contributed by atoms with Crippen LogP contribution in [0.25, 0.3) is 0 Å². The molecule has 4 rings (SSSR count). The third-order valence-electron chi connectivity index (χ3n) is 5.80. The summed E-state index contributed by atoms with van der Waals surface area (Å²) in [7, 11) is 0. The number of carbonyl (C=O) groups is 1. The zero-order valence-corrected chi connectivity index (χ0v) is 18.1. The maximum atomic E-state index is 13.3. The predicted molar refractivity (Wildman–Crippen MR) is 125 cm³/mol. The second-order valence-corrected chi connectivity index (χ2v) is 8.24. The summed E-state index contributed by atoms with van der Waals surface area (Å²) in [6, 6.07) is 12.1. The first-order chi connectivity index (χ1) is 15.6. The third-order valence-corrected chi connectivity index (χ3v) is 5.80. The van der Waals surface area contributed by atoms with Gasteiger partial charge < -0.3 is 15.8 Å². The summed E-state index contributed by atoms with van der Waals surface area (Å²) < 4.78 is 19.2. The van der Waals surface area contributed by atoms with Crippen molar-refractivity contribution in [1.29, 1.82) is 0 Å². The fraction of sp³-hybridized carbons (Fsp3) is 0.360. The summed E-state index contributed by atoms with van der Waals surface area (Å²) in [5, 5.41) is 2.91. The Kier molecular flexibility index (Phi) is 7.17. The standard InChI is InChI=1S/C25H29FN4O2/c26-20-4-3-5-21(14-20)28-16-19-17-30(12-10-23(19)27)11-1-2-13-32-22-8-6-18-7-9-25(31)29-24(18)15-22/h3-6,8,14-16H,1-2,7,9-13,17,27H2,(H,29,31). The molecule has 0 spiro atoms. The highest BCUT2D eigenvalue weighted by molar-refractivity contribution is 5.94.